The third-order valence-electron chi connectivity index (χ3n) is 5.05. The molecule has 3 nitrogen and oxygen atoms in total. The normalized spacial score (nSPS) is 19.0. The maximum Gasteiger partial charge on any atom is 0.314 e. The van der Waals surface area contributed by atoms with E-state index < -0.39 is 11.4 Å². The second-order valence-electron chi connectivity index (χ2n) is 6.45. The van der Waals surface area contributed by atoms with Gasteiger partial charge in [0.15, 0.2) is 0 Å². The quantitative estimate of drug-likeness (QED) is 0.760. The van der Waals surface area contributed by atoms with Gasteiger partial charge in [0.25, 0.3) is 0 Å². The highest BCUT2D eigenvalue weighted by molar-refractivity contribution is 7.06. The molecule has 25 heavy (non-hydrogen) atoms. The van der Waals surface area contributed by atoms with Crippen LogP contribution in [0.5, 0.6) is 0 Å². The molecule has 0 saturated heterocycles. The first-order chi connectivity index (χ1) is 12.0. The third kappa shape index (κ3) is 2.38. The van der Waals surface area contributed by atoms with Crippen molar-refractivity contribution in [2.75, 3.05) is 0 Å². The molecule has 0 fully saturated rings. The van der Waals surface area contributed by atoms with Crippen LogP contribution in [0.4, 0.5) is 4.39 Å². The number of nitrogens with zero attached hydrogens (tertiary/aromatic N) is 1. The Kier molecular flexibility index (Phi) is 3.69. The molecule has 0 spiro atoms. The topological polar surface area (TPSA) is 50.2 Å². The molecular formula is C20H16FNO2S. The van der Waals surface area contributed by atoms with Crippen LogP contribution < -0.4 is 0 Å². The second kappa shape index (κ2) is 5.77. The number of fused-ring (bicyclic) bond motifs is 1. The first-order valence-corrected chi connectivity index (χ1v) is 8.82. The van der Waals surface area contributed by atoms with Gasteiger partial charge in [0.05, 0.1) is 5.69 Å². The summed E-state index contributed by atoms with van der Waals surface area (Å²) in [7, 11) is 0. The zero-order valence-corrected chi connectivity index (χ0v) is 14.4. The molecule has 0 bridgehead atoms. The predicted octanol–water partition coefficient (Wildman–Crippen LogP) is 4.38. The molecule has 1 unspecified atom stereocenters. The highest BCUT2D eigenvalue weighted by atomic mass is 32.1. The molecule has 0 radical (unpaired) electrons. The van der Waals surface area contributed by atoms with E-state index in [2.05, 4.69) is 4.37 Å². The number of benzene rings is 2. The van der Waals surface area contributed by atoms with E-state index in [1.54, 1.807) is 19.1 Å². The number of hydrogen-bond acceptors (Lipinski definition) is 3. The van der Waals surface area contributed by atoms with Crippen LogP contribution in [0.3, 0.4) is 0 Å². The minimum Gasteiger partial charge on any atom is -0.481 e. The van der Waals surface area contributed by atoms with Crippen molar-refractivity contribution in [1.29, 1.82) is 0 Å². The van der Waals surface area contributed by atoms with Crippen LogP contribution in [0.15, 0.2) is 48.5 Å². The molecule has 0 amide bonds. The van der Waals surface area contributed by atoms with Gasteiger partial charge < -0.3 is 5.11 Å². The Labute approximate surface area is 148 Å². The maximum absolute atomic E-state index is 14.1. The van der Waals surface area contributed by atoms with Crippen molar-refractivity contribution < 1.29 is 14.3 Å². The molecule has 3 aromatic rings. The molecule has 0 saturated carbocycles. The molecule has 1 aliphatic carbocycles. The van der Waals surface area contributed by atoms with Crippen LogP contribution in [-0.4, -0.2) is 15.4 Å². The van der Waals surface area contributed by atoms with Crippen LogP contribution in [0.2, 0.25) is 0 Å². The number of hydrogen-bond donors (Lipinski definition) is 1. The summed E-state index contributed by atoms with van der Waals surface area (Å²) < 4.78 is 18.6. The molecule has 1 heterocycles. The van der Waals surface area contributed by atoms with E-state index in [1.807, 2.05) is 30.3 Å². The van der Waals surface area contributed by atoms with E-state index >= 15 is 0 Å². The Morgan fingerprint density at radius 2 is 1.92 bits per heavy atom. The molecule has 126 valence electrons. The van der Waals surface area contributed by atoms with Gasteiger partial charge in [-0.25, -0.2) is 4.39 Å². The minimum absolute atomic E-state index is 0.336. The minimum atomic E-state index is -1.13. The van der Waals surface area contributed by atoms with Crippen molar-refractivity contribution in [3.8, 4) is 11.3 Å². The molecule has 1 atom stereocenters. The van der Waals surface area contributed by atoms with E-state index in [0.29, 0.717) is 24.0 Å². The lowest BCUT2D eigenvalue weighted by Crippen LogP contribution is -2.37. The first-order valence-electron chi connectivity index (χ1n) is 8.05. The van der Waals surface area contributed by atoms with Crippen molar-refractivity contribution in [1.82, 2.24) is 4.37 Å². The van der Waals surface area contributed by atoms with E-state index in [-0.39, 0.29) is 5.82 Å². The van der Waals surface area contributed by atoms with Gasteiger partial charge in [0, 0.05) is 16.9 Å². The Balaban J connectivity index is 1.84. The lowest BCUT2D eigenvalue weighted by Gasteiger charge is -2.26. The standard InChI is InChI=1S/C20H16FNO2S/c1-12-15(8-5-9-16(12)21)20(19(23)24)10-14-17(11-20)25-22-18(14)13-6-3-2-4-7-13/h2-9H,10-11H2,1H3,(H,23,24). The van der Waals surface area contributed by atoms with Crippen molar-refractivity contribution in [3.05, 3.63) is 75.9 Å². The summed E-state index contributed by atoms with van der Waals surface area (Å²) in [5.41, 5.74) is 2.65. The number of aliphatic carboxylic acids is 1. The average molecular weight is 353 g/mol. The summed E-state index contributed by atoms with van der Waals surface area (Å²) in [6.07, 6.45) is 0.690. The van der Waals surface area contributed by atoms with Crippen molar-refractivity contribution in [3.63, 3.8) is 0 Å². The largest absolute Gasteiger partial charge is 0.481 e. The summed E-state index contributed by atoms with van der Waals surface area (Å²) in [6.45, 7) is 1.65. The fraction of sp³-hybridized carbons (Fsp3) is 0.200. The lowest BCUT2D eigenvalue weighted by molar-refractivity contribution is -0.143. The lowest BCUT2D eigenvalue weighted by atomic mass is 9.76. The Morgan fingerprint density at radius 3 is 2.64 bits per heavy atom. The SMILES string of the molecule is Cc1c(F)cccc1C1(C(=O)O)Cc2snc(-c3ccccc3)c2C1. The highest BCUT2D eigenvalue weighted by Gasteiger charge is 2.48. The molecule has 0 aliphatic heterocycles. The van der Waals surface area contributed by atoms with Gasteiger partial charge in [-0.3, -0.25) is 4.79 Å². The van der Waals surface area contributed by atoms with Crippen LogP contribution in [0.25, 0.3) is 11.3 Å². The molecule has 2 aromatic carbocycles. The molecule has 1 aromatic heterocycles. The fourth-order valence-electron chi connectivity index (χ4n) is 3.71. The predicted molar refractivity (Wildman–Crippen MR) is 95.4 cm³/mol. The Hall–Kier alpha value is -2.53. The van der Waals surface area contributed by atoms with Gasteiger partial charge in [-0.15, -0.1) is 0 Å². The smallest absolute Gasteiger partial charge is 0.314 e. The summed E-state index contributed by atoms with van der Waals surface area (Å²) >= 11 is 1.35. The molecule has 1 aliphatic rings. The monoisotopic (exact) mass is 353 g/mol. The fourth-order valence-corrected chi connectivity index (χ4v) is 4.72. The van der Waals surface area contributed by atoms with Crippen molar-refractivity contribution >= 4 is 17.5 Å². The zero-order valence-electron chi connectivity index (χ0n) is 13.6. The van der Waals surface area contributed by atoms with Gasteiger partial charge in [-0.05, 0) is 47.6 Å². The van der Waals surface area contributed by atoms with E-state index in [9.17, 15) is 14.3 Å². The van der Waals surface area contributed by atoms with Gasteiger partial charge in [-0.2, -0.15) is 4.37 Å². The number of rotatable bonds is 3. The summed E-state index contributed by atoms with van der Waals surface area (Å²) in [5.74, 6) is -1.28. The molecular weight excluding hydrogens is 337 g/mol. The third-order valence-corrected chi connectivity index (χ3v) is 5.94. The van der Waals surface area contributed by atoms with Gasteiger partial charge in [0.2, 0.25) is 0 Å². The van der Waals surface area contributed by atoms with Crippen LogP contribution in [0.1, 0.15) is 21.6 Å². The first kappa shape index (κ1) is 16.0. The summed E-state index contributed by atoms with van der Waals surface area (Å²) in [4.78, 5) is 13.2. The van der Waals surface area contributed by atoms with Crippen LogP contribution in [-0.2, 0) is 23.1 Å². The number of carboxylic acids is 1. The number of aromatic nitrogens is 1. The average Bonchev–Trinajstić information content (AvgIpc) is 3.16. The van der Waals surface area contributed by atoms with Gasteiger partial charge in [-0.1, -0.05) is 42.5 Å². The summed E-state index contributed by atoms with van der Waals surface area (Å²) in [6, 6.07) is 14.5. The highest BCUT2D eigenvalue weighted by Crippen LogP contribution is 2.46. The van der Waals surface area contributed by atoms with E-state index in [1.165, 1.54) is 17.6 Å². The number of halogens is 1. The zero-order chi connectivity index (χ0) is 17.6. The number of carboxylic acid groups (broad SMARTS) is 1. The molecule has 5 heteroatoms. The van der Waals surface area contributed by atoms with E-state index in [4.69, 9.17) is 0 Å². The van der Waals surface area contributed by atoms with Gasteiger partial charge >= 0.3 is 5.97 Å². The Bertz CT molecular complexity index is 967. The van der Waals surface area contributed by atoms with Crippen LogP contribution in [0, 0.1) is 12.7 Å². The van der Waals surface area contributed by atoms with Gasteiger partial charge in [0.1, 0.15) is 11.2 Å². The maximum atomic E-state index is 14.1. The second-order valence-corrected chi connectivity index (χ2v) is 7.31. The van der Waals surface area contributed by atoms with Crippen LogP contribution >= 0.6 is 11.5 Å². The summed E-state index contributed by atoms with van der Waals surface area (Å²) in [5, 5.41) is 10.0. The van der Waals surface area contributed by atoms with Crippen molar-refractivity contribution in [2.24, 2.45) is 0 Å². The van der Waals surface area contributed by atoms with Crippen molar-refractivity contribution in [2.45, 2.75) is 25.2 Å². The molecule has 1 N–H and O–H groups in total. The molecule has 4 rings (SSSR count). The number of carbonyl (C=O) groups is 1. The Morgan fingerprint density at radius 1 is 1.16 bits per heavy atom. The van der Waals surface area contributed by atoms with E-state index in [0.717, 1.165) is 21.7 Å².